The van der Waals surface area contributed by atoms with Crippen molar-refractivity contribution >= 4 is 29.1 Å². The van der Waals surface area contributed by atoms with E-state index in [4.69, 9.17) is 9.47 Å². The third kappa shape index (κ3) is 6.95. The molecule has 1 fully saturated rings. The lowest BCUT2D eigenvalue weighted by molar-refractivity contribution is -0.139. The first-order valence-electron chi connectivity index (χ1n) is 11.7. The molecule has 2 aromatic carbocycles. The van der Waals surface area contributed by atoms with Crippen LogP contribution < -0.4 is 15.0 Å². The maximum atomic E-state index is 12.8. The van der Waals surface area contributed by atoms with Crippen molar-refractivity contribution in [1.82, 2.24) is 9.80 Å². The van der Waals surface area contributed by atoms with Crippen molar-refractivity contribution in [2.24, 2.45) is 0 Å². The summed E-state index contributed by atoms with van der Waals surface area (Å²) in [7, 11) is 3.06. The van der Waals surface area contributed by atoms with Crippen LogP contribution in [-0.4, -0.2) is 87.1 Å². The molecule has 188 valence electrons. The molecule has 0 aliphatic carbocycles. The Hall–Kier alpha value is -3.59. The summed E-state index contributed by atoms with van der Waals surface area (Å²) in [5.41, 5.74) is 2.34. The Balaban J connectivity index is 1.51. The van der Waals surface area contributed by atoms with E-state index in [0.717, 1.165) is 24.5 Å². The van der Waals surface area contributed by atoms with E-state index in [9.17, 15) is 14.4 Å². The van der Waals surface area contributed by atoms with Gasteiger partial charge in [0.2, 0.25) is 11.8 Å². The van der Waals surface area contributed by atoms with Crippen molar-refractivity contribution < 1.29 is 23.9 Å². The minimum atomic E-state index is -0.262. The number of amides is 3. The highest BCUT2D eigenvalue weighted by Crippen LogP contribution is 2.21. The van der Waals surface area contributed by atoms with E-state index < -0.39 is 0 Å². The van der Waals surface area contributed by atoms with Crippen molar-refractivity contribution in [3.05, 3.63) is 54.1 Å². The van der Waals surface area contributed by atoms with Crippen LogP contribution in [-0.2, 0) is 14.3 Å². The van der Waals surface area contributed by atoms with Crippen LogP contribution in [0.4, 0.5) is 11.4 Å². The molecule has 0 radical (unpaired) electrons. The first-order valence-corrected chi connectivity index (χ1v) is 11.7. The Morgan fingerprint density at radius 1 is 0.943 bits per heavy atom. The molecule has 3 amide bonds. The second kappa shape index (κ2) is 12.2. The lowest BCUT2D eigenvalue weighted by Gasteiger charge is -2.36. The zero-order valence-electron chi connectivity index (χ0n) is 20.8. The van der Waals surface area contributed by atoms with Gasteiger partial charge in [0.25, 0.3) is 5.91 Å². The molecule has 0 saturated carbocycles. The van der Waals surface area contributed by atoms with Crippen LogP contribution in [0.2, 0.25) is 0 Å². The van der Waals surface area contributed by atoms with Gasteiger partial charge in [-0.1, -0.05) is 0 Å². The van der Waals surface area contributed by atoms with Crippen LogP contribution in [0.3, 0.4) is 0 Å². The van der Waals surface area contributed by atoms with Crippen molar-refractivity contribution in [1.29, 1.82) is 0 Å². The number of methoxy groups -OCH3 is 2. The van der Waals surface area contributed by atoms with E-state index in [1.165, 1.54) is 12.0 Å². The van der Waals surface area contributed by atoms with Crippen LogP contribution in [0, 0.1) is 0 Å². The first-order chi connectivity index (χ1) is 16.8. The summed E-state index contributed by atoms with van der Waals surface area (Å²) in [6.07, 6.45) is 0. The lowest BCUT2D eigenvalue weighted by atomic mass is 10.1. The summed E-state index contributed by atoms with van der Waals surface area (Å²) >= 11 is 0. The number of hydrogen-bond donors (Lipinski definition) is 1. The standard InChI is InChI=1S/C26H34N4O5/c1-19(2)30(25(32)18-34-3)17-24(31)27-21-7-9-22(10-8-21)28-13-15-29(16-14-28)26(33)20-5-11-23(35-4)12-6-20/h5-12,19H,13-18H2,1-4H3,(H,27,31). The Kier molecular flexibility index (Phi) is 9.08. The van der Waals surface area contributed by atoms with Crippen molar-refractivity contribution in [3.8, 4) is 5.75 Å². The number of anilines is 2. The number of ether oxygens (including phenoxy) is 2. The summed E-state index contributed by atoms with van der Waals surface area (Å²) < 4.78 is 10.1. The van der Waals surface area contributed by atoms with E-state index in [1.807, 2.05) is 43.0 Å². The van der Waals surface area contributed by atoms with Gasteiger partial charge in [-0.3, -0.25) is 14.4 Å². The molecule has 9 nitrogen and oxygen atoms in total. The number of piperazine rings is 1. The molecule has 2 aromatic rings. The Morgan fingerprint density at radius 2 is 1.57 bits per heavy atom. The summed E-state index contributed by atoms with van der Waals surface area (Å²) in [6, 6.07) is 14.6. The predicted octanol–water partition coefficient (Wildman–Crippen LogP) is 2.48. The number of carbonyl (C=O) groups excluding carboxylic acids is 3. The average Bonchev–Trinajstić information content (AvgIpc) is 2.87. The monoisotopic (exact) mass is 482 g/mol. The molecule has 0 aromatic heterocycles. The van der Waals surface area contributed by atoms with E-state index in [1.54, 1.807) is 31.4 Å². The SMILES string of the molecule is COCC(=O)N(CC(=O)Nc1ccc(N2CCN(C(=O)c3ccc(OC)cc3)CC2)cc1)C(C)C. The number of nitrogens with one attached hydrogen (secondary N) is 1. The van der Waals surface area contributed by atoms with E-state index in [2.05, 4.69) is 10.2 Å². The van der Waals surface area contributed by atoms with E-state index in [0.29, 0.717) is 24.3 Å². The zero-order valence-corrected chi connectivity index (χ0v) is 20.8. The normalized spacial score (nSPS) is 13.5. The Labute approximate surface area is 206 Å². The van der Waals surface area contributed by atoms with Gasteiger partial charge in [-0.2, -0.15) is 0 Å². The summed E-state index contributed by atoms with van der Waals surface area (Å²) in [5.74, 6) is 0.256. The number of rotatable bonds is 9. The molecule has 0 atom stereocenters. The average molecular weight is 483 g/mol. The number of hydrogen-bond acceptors (Lipinski definition) is 6. The molecule has 0 bridgehead atoms. The van der Waals surface area contributed by atoms with Gasteiger partial charge < -0.3 is 29.5 Å². The molecule has 1 heterocycles. The van der Waals surface area contributed by atoms with Crippen LogP contribution in [0.5, 0.6) is 5.75 Å². The lowest BCUT2D eigenvalue weighted by Crippen LogP contribution is -2.48. The number of benzene rings is 2. The Bertz CT molecular complexity index is 999. The smallest absolute Gasteiger partial charge is 0.253 e. The summed E-state index contributed by atoms with van der Waals surface area (Å²) in [5, 5.41) is 2.85. The minimum absolute atomic E-state index is 0.0183. The van der Waals surface area contributed by atoms with Crippen LogP contribution in [0.15, 0.2) is 48.5 Å². The summed E-state index contributed by atoms with van der Waals surface area (Å²) in [6.45, 7) is 6.33. The fraction of sp³-hybridized carbons (Fsp3) is 0.423. The first kappa shape index (κ1) is 26.0. The molecule has 1 aliphatic heterocycles. The molecule has 1 N–H and O–H groups in total. The molecule has 1 aliphatic rings. The maximum Gasteiger partial charge on any atom is 0.253 e. The van der Waals surface area contributed by atoms with E-state index in [-0.39, 0.29) is 36.9 Å². The fourth-order valence-electron chi connectivity index (χ4n) is 3.96. The van der Waals surface area contributed by atoms with Crippen molar-refractivity contribution in [3.63, 3.8) is 0 Å². The maximum absolute atomic E-state index is 12.8. The highest BCUT2D eigenvalue weighted by atomic mass is 16.5. The third-order valence-corrected chi connectivity index (χ3v) is 5.95. The minimum Gasteiger partial charge on any atom is -0.497 e. The Morgan fingerprint density at radius 3 is 2.11 bits per heavy atom. The number of nitrogens with zero attached hydrogens (tertiary/aromatic N) is 3. The van der Waals surface area contributed by atoms with Crippen LogP contribution >= 0.6 is 0 Å². The van der Waals surface area contributed by atoms with Gasteiger partial charge >= 0.3 is 0 Å². The van der Waals surface area contributed by atoms with Gasteiger partial charge in [0.05, 0.1) is 7.11 Å². The van der Waals surface area contributed by atoms with E-state index >= 15 is 0 Å². The molecular weight excluding hydrogens is 448 g/mol. The largest absolute Gasteiger partial charge is 0.497 e. The van der Waals surface area contributed by atoms with Gasteiger partial charge in [-0.05, 0) is 62.4 Å². The van der Waals surface area contributed by atoms with Crippen molar-refractivity contribution in [2.45, 2.75) is 19.9 Å². The third-order valence-electron chi connectivity index (χ3n) is 5.95. The second-order valence-electron chi connectivity index (χ2n) is 8.65. The van der Waals surface area contributed by atoms with Crippen LogP contribution in [0.25, 0.3) is 0 Å². The molecular formula is C26H34N4O5. The molecule has 1 saturated heterocycles. The molecule has 35 heavy (non-hydrogen) atoms. The highest BCUT2D eigenvalue weighted by Gasteiger charge is 2.23. The molecule has 0 unspecified atom stereocenters. The number of carbonyl (C=O) groups is 3. The van der Waals surface area contributed by atoms with Gasteiger partial charge in [0, 0.05) is 56.3 Å². The molecule has 3 rings (SSSR count). The van der Waals surface area contributed by atoms with Gasteiger partial charge in [0.1, 0.15) is 18.9 Å². The van der Waals surface area contributed by atoms with Gasteiger partial charge in [-0.25, -0.2) is 0 Å². The van der Waals surface area contributed by atoms with Crippen LogP contribution in [0.1, 0.15) is 24.2 Å². The zero-order chi connectivity index (χ0) is 25.4. The molecule has 9 heteroatoms. The summed E-state index contributed by atoms with van der Waals surface area (Å²) in [4.78, 5) is 43.0. The van der Waals surface area contributed by atoms with Gasteiger partial charge in [-0.15, -0.1) is 0 Å². The second-order valence-corrected chi connectivity index (χ2v) is 8.65. The fourth-order valence-corrected chi connectivity index (χ4v) is 3.96. The topological polar surface area (TPSA) is 91.4 Å². The quantitative estimate of drug-likeness (QED) is 0.591. The van der Waals surface area contributed by atoms with Crippen molar-refractivity contribution in [2.75, 3.05) is 63.8 Å². The molecule has 0 spiro atoms. The predicted molar refractivity (Wildman–Crippen MR) is 135 cm³/mol. The van der Waals surface area contributed by atoms with Gasteiger partial charge in [0.15, 0.2) is 0 Å². The highest BCUT2D eigenvalue weighted by molar-refractivity contribution is 5.95.